The van der Waals surface area contributed by atoms with Crippen LogP contribution in [0.25, 0.3) is 0 Å². The van der Waals surface area contributed by atoms with Crippen molar-refractivity contribution in [2.75, 3.05) is 55.5 Å². The van der Waals surface area contributed by atoms with E-state index in [1.54, 1.807) is 32.9 Å². The van der Waals surface area contributed by atoms with Crippen LogP contribution in [0.1, 0.15) is 20.8 Å². The molecule has 0 aliphatic carbocycles. The van der Waals surface area contributed by atoms with Gasteiger partial charge in [0.15, 0.2) is 0 Å². The van der Waals surface area contributed by atoms with Gasteiger partial charge >= 0.3 is 6.09 Å². The van der Waals surface area contributed by atoms with E-state index >= 15 is 0 Å². The zero-order valence-electron chi connectivity index (χ0n) is 17.9. The summed E-state index contributed by atoms with van der Waals surface area (Å²) >= 11 is -2.61. The number of anilines is 2. The normalized spacial score (nSPS) is 16.9. The molecule has 0 aromatic heterocycles. The van der Waals surface area contributed by atoms with E-state index in [1.165, 1.54) is 0 Å². The van der Waals surface area contributed by atoms with Crippen molar-refractivity contribution in [3.8, 4) is 0 Å². The highest BCUT2D eigenvalue weighted by Gasteiger charge is 2.18. The molecule has 1 saturated heterocycles. The van der Waals surface area contributed by atoms with E-state index in [2.05, 4.69) is 22.2 Å². The van der Waals surface area contributed by atoms with Crippen LogP contribution in [0.3, 0.4) is 0 Å². The largest absolute Gasteiger partial charge is 0.755 e. The van der Waals surface area contributed by atoms with Crippen molar-refractivity contribution in [2.45, 2.75) is 26.4 Å². The van der Waals surface area contributed by atoms with Crippen LogP contribution in [0.5, 0.6) is 0 Å². The monoisotopic (exact) mass is 441 g/mol. The second-order valence-electron chi connectivity index (χ2n) is 8.18. The van der Waals surface area contributed by atoms with Crippen LogP contribution in [0.4, 0.5) is 20.6 Å². The van der Waals surface area contributed by atoms with Gasteiger partial charge in [-0.05, 0) is 57.7 Å². The number of hydrogen-bond acceptors (Lipinski definition) is 6. The molecular weight excluding hydrogens is 411 g/mol. The van der Waals surface area contributed by atoms with Crippen molar-refractivity contribution >= 4 is 28.7 Å². The number of amides is 1. The van der Waals surface area contributed by atoms with Gasteiger partial charge in [0.2, 0.25) is 0 Å². The van der Waals surface area contributed by atoms with Crippen molar-refractivity contribution in [1.82, 2.24) is 10.2 Å². The number of ether oxygens (including phenoxy) is 1. The number of piperazine rings is 1. The Kier molecular flexibility index (Phi) is 8.63. The molecule has 0 radical (unpaired) electrons. The summed E-state index contributed by atoms with van der Waals surface area (Å²) in [5.41, 5.74) is 0.833. The zero-order valence-corrected chi connectivity index (χ0v) is 18.7. The molecule has 1 N–H and O–H groups in total. The van der Waals surface area contributed by atoms with Gasteiger partial charge < -0.3 is 24.4 Å². The van der Waals surface area contributed by atoms with E-state index in [0.29, 0.717) is 12.0 Å². The second-order valence-corrected chi connectivity index (χ2v) is 9.06. The smallest absolute Gasteiger partial charge is 0.407 e. The maximum Gasteiger partial charge on any atom is 0.407 e. The lowest BCUT2D eigenvalue weighted by Gasteiger charge is -2.34. The van der Waals surface area contributed by atoms with Gasteiger partial charge in [-0.2, -0.15) is 0 Å². The molecule has 1 aliphatic heterocycles. The summed E-state index contributed by atoms with van der Waals surface area (Å²) in [5, 5.41) is 2.43. The molecule has 168 valence electrons. The van der Waals surface area contributed by atoms with Crippen LogP contribution in [-0.4, -0.2) is 71.7 Å². The fraction of sp³-hybridized carbons (Fsp3) is 0.550. The lowest BCUT2D eigenvalue weighted by molar-refractivity contribution is 0.0532. The molecule has 0 bridgehead atoms. The molecule has 1 atom stereocenters. The van der Waals surface area contributed by atoms with E-state index in [-0.39, 0.29) is 18.7 Å². The first kappa shape index (κ1) is 24.1. The summed E-state index contributed by atoms with van der Waals surface area (Å²) in [6.45, 7) is 8.48. The molecule has 2 rings (SSSR count). The second kappa shape index (κ2) is 10.7. The molecule has 30 heavy (non-hydrogen) atoms. The quantitative estimate of drug-likeness (QED) is 0.654. The summed E-state index contributed by atoms with van der Waals surface area (Å²) < 4.78 is 43.0. The number of halogens is 1. The van der Waals surface area contributed by atoms with Crippen LogP contribution in [-0.2, 0) is 16.0 Å². The van der Waals surface area contributed by atoms with Crippen molar-refractivity contribution in [3.05, 3.63) is 36.2 Å². The minimum atomic E-state index is -2.61. The number of alkyl carbamates (subject to hydrolysis) is 1. The first-order valence-corrected chi connectivity index (χ1v) is 10.8. The van der Waals surface area contributed by atoms with E-state index in [1.807, 2.05) is 12.1 Å². The van der Waals surface area contributed by atoms with Gasteiger partial charge in [-0.1, -0.05) is 0 Å². The average Bonchev–Trinajstić information content (AvgIpc) is 2.67. The number of nitrogens with zero attached hydrogens (tertiary/aromatic N) is 3. The lowest BCUT2D eigenvalue weighted by atomic mass is 10.2. The highest BCUT2D eigenvalue weighted by molar-refractivity contribution is 7.80. The van der Waals surface area contributed by atoms with E-state index in [0.717, 1.165) is 36.2 Å². The molecule has 1 aliphatic rings. The van der Waals surface area contributed by atoms with Crippen molar-refractivity contribution in [1.29, 1.82) is 0 Å². The molecule has 8 nitrogen and oxygen atoms in total. The Labute approximate surface area is 180 Å². The van der Waals surface area contributed by atoms with Crippen LogP contribution in [0, 0.1) is 0 Å². The zero-order chi connectivity index (χ0) is 22.3. The van der Waals surface area contributed by atoms with Gasteiger partial charge in [-0.15, -0.1) is 0 Å². The molecule has 0 spiro atoms. The minimum Gasteiger partial charge on any atom is -0.755 e. The molecule has 1 amide bonds. The van der Waals surface area contributed by atoms with Crippen LogP contribution in [0.15, 0.2) is 36.2 Å². The minimum absolute atomic E-state index is 0.0909. The predicted octanol–water partition coefficient (Wildman–Crippen LogP) is 2.42. The molecule has 1 aromatic carbocycles. The van der Waals surface area contributed by atoms with Gasteiger partial charge in [-0.25, -0.2) is 9.18 Å². The Morgan fingerprint density at radius 1 is 1.27 bits per heavy atom. The number of carbonyl (C=O) groups excluding carboxylic acids is 1. The van der Waals surface area contributed by atoms with Gasteiger partial charge in [-0.3, -0.25) is 8.51 Å². The standard InChI is InChI=1S/C20H31FN4O4S/c1-20(2,3)29-19(26)22-14-16(13-21)15-25(30(27)28)18-7-5-17(6-8-18)24-11-9-23(4)10-12-24/h5-8,13H,9-12,14-15H2,1-4H3,(H,22,26)(H,27,28)/p-1/b16-13-. The number of hydrogen-bond donors (Lipinski definition) is 1. The van der Waals surface area contributed by atoms with E-state index < -0.39 is 23.0 Å². The molecule has 1 unspecified atom stereocenters. The maximum atomic E-state index is 13.3. The van der Waals surface area contributed by atoms with E-state index in [4.69, 9.17) is 4.74 Å². The van der Waals surface area contributed by atoms with Crippen molar-refractivity contribution in [2.24, 2.45) is 0 Å². The highest BCUT2D eigenvalue weighted by atomic mass is 32.2. The van der Waals surface area contributed by atoms with Gasteiger partial charge in [0.1, 0.15) is 5.60 Å². The first-order valence-electron chi connectivity index (χ1n) is 9.74. The van der Waals surface area contributed by atoms with Crippen molar-refractivity contribution in [3.63, 3.8) is 0 Å². The van der Waals surface area contributed by atoms with Gasteiger partial charge in [0, 0.05) is 55.4 Å². The van der Waals surface area contributed by atoms with Crippen LogP contribution < -0.4 is 14.5 Å². The number of carbonyl (C=O) groups is 1. The van der Waals surface area contributed by atoms with E-state index in [9.17, 15) is 17.9 Å². The molecule has 10 heteroatoms. The number of likely N-dealkylation sites (N-methyl/N-ethyl adjacent to an activating group) is 1. The molecule has 1 fully saturated rings. The topological polar surface area (TPSA) is 88.2 Å². The van der Waals surface area contributed by atoms with Gasteiger partial charge in [0.05, 0.1) is 12.9 Å². The summed E-state index contributed by atoms with van der Waals surface area (Å²) in [7, 11) is 2.08. The summed E-state index contributed by atoms with van der Waals surface area (Å²) in [6, 6.07) is 7.11. The van der Waals surface area contributed by atoms with Gasteiger partial charge in [0.25, 0.3) is 0 Å². The Bertz CT molecular complexity index is 759. The fourth-order valence-electron chi connectivity index (χ4n) is 2.94. The SMILES string of the molecule is CN1CCN(c2ccc(N(C/C(=C\F)CNC(=O)OC(C)(C)C)S(=O)[O-])cc2)CC1. The third-order valence-electron chi connectivity index (χ3n) is 4.55. The summed E-state index contributed by atoms with van der Waals surface area (Å²) in [6.07, 6.45) is -0.399. The molecular formula is C20H30FN4O4S-. The average molecular weight is 442 g/mol. The Hall–Kier alpha value is -2.17. The summed E-state index contributed by atoms with van der Waals surface area (Å²) in [4.78, 5) is 16.2. The van der Waals surface area contributed by atoms with Crippen molar-refractivity contribution < 1.29 is 22.7 Å². The third kappa shape index (κ3) is 7.58. The first-order chi connectivity index (χ1) is 14.1. The maximum absolute atomic E-state index is 13.3. The predicted molar refractivity (Wildman–Crippen MR) is 116 cm³/mol. The van der Waals surface area contributed by atoms with Crippen LogP contribution >= 0.6 is 0 Å². The number of benzene rings is 1. The third-order valence-corrected chi connectivity index (χ3v) is 5.25. The summed E-state index contributed by atoms with van der Waals surface area (Å²) in [5.74, 6) is 0. The number of nitrogens with one attached hydrogen (secondary N) is 1. The highest BCUT2D eigenvalue weighted by Crippen LogP contribution is 2.23. The molecule has 1 aromatic rings. The fourth-order valence-corrected chi connectivity index (χ4v) is 3.50. The number of rotatable bonds is 7. The molecule has 0 saturated carbocycles. The Balaban J connectivity index is 2.00. The Morgan fingerprint density at radius 3 is 2.37 bits per heavy atom. The Morgan fingerprint density at radius 2 is 1.87 bits per heavy atom. The van der Waals surface area contributed by atoms with Crippen LogP contribution in [0.2, 0.25) is 0 Å². The lowest BCUT2D eigenvalue weighted by Crippen LogP contribution is -2.44. The molecule has 1 heterocycles.